The highest BCUT2D eigenvalue weighted by molar-refractivity contribution is 7.98. The number of thioether (sulfide) groups is 1. The van der Waals surface area contributed by atoms with Gasteiger partial charge < -0.3 is 9.52 Å². The van der Waals surface area contributed by atoms with Crippen LogP contribution in [0.5, 0.6) is 0 Å². The van der Waals surface area contributed by atoms with Crippen molar-refractivity contribution in [3.63, 3.8) is 0 Å². The third-order valence-electron chi connectivity index (χ3n) is 1.67. The quantitative estimate of drug-likeness (QED) is 0.711. The molecule has 0 aromatic carbocycles. The van der Waals surface area contributed by atoms with E-state index in [2.05, 4.69) is 4.98 Å². The molecule has 0 bridgehead atoms. The molecule has 0 radical (unpaired) electrons. The highest BCUT2D eigenvalue weighted by Gasteiger charge is 2.20. The summed E-state index contributed by atoms with van der Waals surface area (Å²) >= 11 is 1.75. The maximum atomic E-state index is 10.5. The zero-order valence-electron chi connectivity index (χ0n) is 6.24. The predicted molar refractivity (Wildman–Crippen MR) is 43.3 cm³/mol. The van der Waals surface area contributed by atoms with Crippen LogP contribution in [0, 0.1) is 0 Å². The second kappa shape index (κ2) is 2.82. The molecule has 5 heteroatoms. The number of aryl methyl sites for hydroxylation is 1. The Labute approximate surface area is 73.0 Å². The van der Waals surface area contributed by atoms with Gasteiger partial charge in [0, 0.05) is 17.9 Å². The van der Waals surface area contributed by atoms with Gasteiger partial charge in [0.2, 0.25) is 0 Å². The average Bonchev–Trinajstić information content (AvgIpc) is 2.46. The second-order valence-electron chi connectivity index (χ2n) is 2.50. The number of carboxylic acids is 1. The van der Waals surface area contributed by atoms with Crippen LogP contribution < -0.4 is 0 Å². The van der Waals surface area contributed by atoms with Crippen molar-refractivity contribution in [1.82, 2.24) is 4.98 Å². The molecule has 2 rings (SSSR count). The Balaban J connectivity index is 2.38. The molecular formula is C7H7NO3S. The first-order valence-electron chi connectivity index (χ1n) is 3.57. The van der Waals surface area contributed by atoms with E-state index in [-0.39, 0.29) is 5.89 Å². The molecule has 0 aliphatic carbocycles. The van der Waals surface area contributed by atoms with Gasteiger partial charge >= 0.3 is 11.9 Å². The normalized spacial score (nSPS) is 15.7. The molecule has 0 amide bonds. The van der Waals surface area contributed by atoms with Crippen LogP contribution >= 0.6 is 11.8 Å². The Morgan fingerprint density at radius 3 is 3.17 bits per heavy atom. The maximum absolute atomic E-state index is 10.5. The average molecular weight is 185 g/mol. The van der Waals surface area contributed by atoms with Crippen LogP contribution in [0.25, 0.3) is 0 Å². The van der Waals surface area contributed by atoms with E-state index in [0.29, 0.717) is 0 Å². The molecule has 0 atom stereocenters. The molecule has 0 saturated carbocycles. The zero-order valence-corrected chi connectivity index (χ0v) is 7.06. The topological polar surface area (TPSA) is 63.3 Å². The minimum atomic E-state index is -1.09. The fourth-order valence-corrected chi connectivity index (χ4v) is 2.01. The molecule has 64 valence electrons. The molecule has 1 aromatic heterocycles. The Kier molecular flexibility index (Phi) is 1.80. The van der Waals surface area contributed by atoms with Crippen LogP contribution in [0.1, 0.15) is 22.1 Å². The highest BCUT2D eigenvalue weighted by atomic mass is 32.2. The minimum Gasteiger partial charge on any atom is -0.474 e. The summed E-state index contributed by atoms with van der Waals surface area (Å²) in [6.07, 6.45) is 0.792. The van der Waals surface area contributed by atoms with Gasteiger partial charge in [-0.2, -0.15) is 11.8 Å². The van der Waals surface area contributed by atoms with Crippen molar-refractivity contribution in [2.45, 2.75) is 12.2 Å². The molecule has 4 nitrogen and oxygen atoms in total. The van der Waals surface area contributed by atoms with Gasteiger partial charge in [-0.25, -0.2) is 9.78 Å². The third kappa shape index (κ3) is 1.20. The van der Waals surface area contributed by atoms with Gasteiger partial charge in [-0.15, -0.1) is 0 Å². The molecule has 1 aliphatic heterocycles. The fourth-order valence-electron chi connectivity index (χ4n) is 1.12. The maximum Gasteiger partial charge on any atom is 0.392 e. The van der Waals surface area contributed by atoms with Gasteiger partial charge in [0.05, 0.1) is 5.69 Å². The standard InChI is InChI=1S/C7H7NO3S/c9-7(10)6-8-4-3-12-2-1-5(4)11-6/h1-3H2,(H,9,10). The Morgan fingerprint density at radius 1 is 1.67 bits per heavy atom. The Morgan fingerprint density at radius 2 is 2.50 bits per heavy atom. The number of nitrogens with zero attached hydrogens (tertiary/aromatic N) is 1. The van der Waals surface area contributed by atoms with Crippen LogP contribution in [-0.2, 0) is 12.2 Å². The zero-order chi connectivity index (χ0) is 8.55. The van der Waals surface area contributed by atoms with E-state index < -0.39 is 5.97 Å². The summed E-state index contributed by atoms with van der Waals surface area (Å²) in [5.41, 5.74) is 0.795. The van der Waals surface area contributed by atoms with Crippen LogP contribution in [-0.4, -0.2) is 21.8 Å². The SMILES string of the molecule is O=C(O)c1nc2c(o1)CCSC2. The van der Waals surface area contributed by atoms with Crippen molar-refractivity contribution in [3.05, 3.63) is 17.3 Å². The van der Waals surface area contributed by atoms with Gasteiger partial charge in [-0.3, -0.25) is 0 Å². The first-order valence-corrected chi connectivity index (χ1v) is 4.72. The highest BCUT2D eigenvalue weighted by Crippen LogP contribution is 2.24. The molecule has 0 saturated heterocycles. The number of aromatic carboxylic acids is 1. The molecule has 2 heterocycles. The van der Waals surface area contributed by atoms with Gasteiger partial charge in [-0.1, -0.05) is 0 Å². The van der Waals surface area contributed by atoms with Crippen LogP contribution in [0.15, 0.2) is 4.42 Å². The van der Waals surface area contributed by atoms with E-state index in [0.717, 1.165) is 29.4 Å². The number of carbonyl (C=O) groups is 1. The van der Waals surface area contributed by atoms with E-state index in [1.54, 1.807) is 11.8 Å². The number of hydrogen-bond acceptors (Lipinski definition) is 4. The largest absolute Gasteiger partial charge is 0.474 e. The van der Waals surface area contributed by atoms with Gasteiger partial charge in [-0.05, 0) is 0 Å². The lowest BCUT2D eigenvalue weighted by molar-refractivity contribution is 0.0652. The number of carboxylic acid groups (broad SMARTS) is 1. The van der Waals surface area contributed by atoms with Gasteiger partial charge in [0.1, 0.15) is 5.76 Å². The summed E-state index contributed by atoms with van der Waals surface area (Å²) in [7, 11) is 0. The third-order valence-corrected chi connectivity index (χ3v) is 2.64. The number of oxazole rings is 1. The smallest absolute Gasteiger partial charge is 0.392 e. The number of rotatable bonds is 1. The predicted octanol–water partition coefficient (Wildman–Crippen LogP) is 1.16. The molecule has 0 unspecified atom stereocenters. The van der Waals surface area contributed by atoms with Gasteiger partial charge in [0.25, 0.3) is 0 Å². The molecular weight excluding hydrogens is 178 g/mol. The number of fused-ring (bicyclic) bond motifs is 1. The summed E-state index contributed by atoms with van der Waals surface area (Å²) < 4.78 is 5.04. The molecule has 1 N–H and O–H groups in total. The summed E-state index contributed by atoms with van der Waals surface area (Å²) in [5, 5.41) is 8.57. The molecule has 0 fully saturated rings. The molecule has 1 aromatic rings. The number of hydrogen-bond donors (Lipinski definition) is 1. The number of aromatic nitrogens is 1. The van der Waals surface area contributed by atoms with Crippen LogP contribution in [0.2, 0.25) is 0 Å². The van der Waals surface area contributed by atoms with Crippen molar-refractivity contribution in [2.75, 3.05) is 5.75 Å². The summed E-state index contributed by atoms with van der Waals surface area (Å²) in [6.45, 7) is 0. The lowest BCUT2D eigenvalue weighted by Crippen LogP contribution is -1.99. The minimum absolute atomic E-state index is 0.178. The fraction of sp³-hybridized carbons (Fsp3) is 0.429. The first kappa shape index (κ1) is 7.67. The van der Waals surface area contributed by atoms with E-state index in [9.17, 15) is 4.79 Å². The molecule has 0 spiro atoms. The van der Waals surface area contributed by atoms with Crippen molar-refractivity contribution in [3.8, 4) is 0 Å². The van der Waals surface area contributed by atoms with E-state index >= 15 is 0 Å². The van der Waals surface area contributed by atoms with E-state index in [1.807, 2.05) is 0 Å². The van der Waals surface area contributed by atoms with Gasteiger partial charge in [0.15, 0.2) is 0 Å². The van der Waals surface area contributed by atoms with Crippen molar-refractivity contribution in [1.29, 1.82) is 0 Å². The van der Waals surface area contributed by atoms with Crippen LogP contribution in [0.4, 0.5) is 0 Å². The summed E-state index contributed by atoms with van der Waals surface area (Å²) in [5.74, 6) is 1.23. The van der Waals surface area contributed by atoms with Crippen molar-refractivity contribution in [2.24, 2.45) is 0 Å². The first-order chi connectivity index (χ1) is 5.77. The van der Waals surface area contributed by atoms with E-state index in [4.69, 9.17) is 9.52 Å². The van der Waals surface area contributed by atoms with Crippen molar-refractivity contribution < 1.29 is 14.3 Å². The molecule has 12 heavy (non-hydrogen) atoms. The van der Waals surface area contributed by atoms with Crippen LogP contribution in [0.3, 0.4) is 0 Å². The monoisotopic (exact) mass is 185 g/mol. The Bertz CT molecular complexity index is 297. The lowest BCUT2D eigenvalue weighted by atomic mass is 10.3. The Hall–Kier alpha value is -0.970. The second-order valence-corrected chi connectivity index (χ2v) is 3.60. The molecule has 1 aliphatic rings. The summed E-state index contributed by atoms with van der Waals surface area (Å²) in [4.78, 5) is 14.3. The lowest BCUT2D eigenvalue weighted by Gasteiger charge is -2.05. The van der Waals surface area contributed by atoms with E-state index in [1.165, 1.54) is 0 Å². The van der Waals surface area contributed by atoms with Crippen molar-refractivity contribution >= 4 is 17.7 Å². The summed E-state index contributed by atoms with van der Waals surface area (Å²) in [6, 6.07) is 0.